The first kappa shape index (κ1) is 34.2. The number of methoxy groups -OCH3 is 2. The smallest absolute Gasteiger partial charge is 0.236 e. The second-order valence-electron chi connectivity index (χ2n) is 10.7. The average Bonchev–Trinajstić information content (AvgIpc) is 3.90. The molecule has 1 N–H and O–H groups in total. The zero-order chi connectivity index (χ0) is 28.5. The number of ketones is 1. The molecule has 40 heavy (non-hydrogen) atoms. The van der Waals surface area contributed by atoms with E-state index in [1.165, 1.54) is 45.4 Å². The SMILES string of the molecule is CC[C@@H]1CCN(C(=O)C[NH-])[C@@H]1C(C)=O.COc1ccc2nc(C3CC3CCCC3CC3)c(OC)nc2c1.[N-]=O.[Y]. The van der Waals surface area contributed by atoms with Gasteiger partial charge in [-0.25, -0.2) is 9.97 Å². The Morgan fingerprint density at radius 1 is 1.05 bits per heavy atom. The molecule has 217 valence electrons. The number of aromatic nitrogens is 2. The van der Waals surface area contributed by atoms with E-state index in [9.17, 15) is 9.59 Å². The molecule has 5 rings (SSSR count). The molecular formula is C29H41N5O5Y-2. The Morgan fingerprint density at radius 2 is 1.77 bits per heavy atom. The van der Waals surface area contributed by atoms with Crippen molar-refractivity contribution in [3.05, 3.63) is 40.1 Å². The number of rotatable bonds is 10. The van der Waals surface area contributed by atoms with Crippen LogP contribution in [-0.4, -0.2) is 59.9 Å². The number of Topliss-reactive ketones (excluding diaryl/α,β-unsaturated/α-hetero) is 1. The van der Waals surface area contributed by atoms with Crippen LogP contribution in [0.25, 0.3) is 22.4 Å². The normalized spacial score (nSPS) is 22.7. The summed E-state index contributed by atoms with van der Waals surface area (Å²) < 4.78 is 10.8. The summed E-state index contributed by atoms with van der Waals surface area (Å²) in [7, 11) is 3.35. The zero-order valence-electron chi connectivity index (χ0n) is 24.1. The van der Waals surface area contributed by atoms with Gasteiger partial charge in [0.15, 0.2) is 5.78 Å². The number of nitrogens with zero attached hydrogens (tertiary/aromatic N) is 4. The van der Waals surface area contributed by atoms with E-state index in [4.69, 9.17) is 30.7 Å². The predicted octanol–water partition coefficient (Wildman–Crippen LogP) is 5.91. The fourth-order valence-corrected chi connectivity index (χ4v) is 5.74. The van der Waals surface area contributed by atoms with Crippen LogP contribution in [0.2, 0.25) is 0 Å². The van der Waals surface area contributed by atoms with Gasteiger partial charge in [0.1, 0.15) is 11.4 Å². The molecule has 3 fully saturated rings. The molecule has 1 aliphatic heterocycles. The van der Waals surface area contributed by atoms with Crippen LogP contribution in [0.15, 0.2) is 18.2 Å². The van der Waals surface area contributed by atoms with Crippen molar-refractivity contribution in [3.8, 4) is 11.6 Å². The van der Waals surface area contributed by atoms with Crippen molar-refractivity contribution < 1.29 is 51.8 Å². The van der Waals surface area contributed by atoms with E-state index in [-0.39, 0.29) is 57.0 Å². The van der Waals surface area contributed by atoms with Crippen LogP contribution >= 0.6 is 0 Å². The number of likely N-dealkylation sites (tertiary alicyclic amines) is 1. The number of benzene rings is 1. The van der Waals surface area contributed by atoms with E-state index < -0.39 is 0 Å². The molecule has 2 aliphatic carbocycles. The number of amides is 1. The maximum absolute atomic E-state index is 11.4. The van der Waals surface area contributed by atoms with Gasteiger partial charge in [-0.15, -0.1) is 0 Å². The molecule has 2 saturated carbocycles. The van der Waals surface area contributed by atoms with Crippen molar-refractivity contribution in [2.24, 2.45) is 17.8 Å². The third-order valence-electron chi connectivity index (χ3n) is 8.15. The number of hydrogen-bond acceptors (Lipinski definition) is 7. The van der Waals surface area contributed by atoms with E-state index in [1.807, 2.05) is 25.1 Å². The third-order valence-corrected chi connectivity index (χ3v) is 8.15. The molecular weight excluding hydrogens is 587 g/mol. The van der Waals surface area contributed by atoms with Gasteiger partial charge in [-0.2, -0.15) is 0 Å². The molecule has 1 radical (unpaired) electrons. The van der Waals surface area contributed by atoms with Crippen molar-refractivity contribution >= 4 is 22.7 Å². The summed E-state index contributed by atoms with van der Waals surface area (Å²) in [6.45, 7) is 3.96. The maximum atomic E-state index is 11.4. The molecule has 3 aliphatic rings. The predicted molar refractivity (Wildman–Crippen MR) is 151 cm³/mol. The number of nitrogens with one attached hydrogen (secondary N) is 1. The number of carbonyl (C=O) groups excluding carboxylic acids is 2. The van der Waals surface area contributed by atoms with Gasteiger partial charge in [-0.3, -0.25) is 9.59 Å². The Bertz CT molecular complexity index is 1130. The van der Waals surface area contributed by atoms with Crippen molar-refractivity contribution in [1.29, 1.82) is 0 Å². The molecule has 4 atom stereocenters. The summed E-state index contributed by atoms with van der Waals surface area (Å²) >= 11 is 0. The first-order chi connectivity index (χ1) is 18.9. The second-order valence-corrected chi connectivity index (χ2v) is 10.7. The van der Waals surface area contributed by atoms with Crippen molar-refractivity contribution in [3.63, 3.8) is 0 Å². The molecule has 11 heteroatoms. The van der Waals surface area contributed by atoms with E-state index in [0.29, 0.717) is 24.3 Å². The van der Waals surface area contributed by atoms with Crippen LogP contribution in [0.1, 0.15) is 76.8 Å². The standard InChI is InChI=1S/C19H24N2O2.C10H17N2O2.NO.Y/c1-22-14-8-9-16-17(11-14)21-19(23-2)18(20-16)15-10-13(15)5-3-4-12-6-7-12;1-3-8-4-5-12(9(14)6-11)10(8)7(2)13;1-2;/h8-9,11-13,15H,3-7,10H2,1-2H3;8,10-11H,3-6H2,1-2H3;;/q;2*-1;/t;8-,10-;;/m.1../s1. The minimum Gasteiger partial charge on any atom is -0.670 e. The Labute approximate surface area is 262 Å². The minimum absolute atomic E-state index is 0. The summed E-state index contributed by atoms with van der Waals surface area (Å²) in [5.74, 6) is 3.94. The molecule has 2 heterocycles. The van der Waals surface area contributed by atoms with Crippen LogP contribution in [0.3, 0.4) is 0 Å². The second kappa shape index (κ2) is 16.4. The number of fused-ring (bicyclic) bond motifs is 1. The van der Waals surface area contributed by atoms with Crippen molar-refractivity contribution in [1.82, 2.24) is 14.9 Å². The van der Waals surface area contributed by atoms with Gasteiger partial charge in [-0.1, -0.05) is 45.6 Å². The summed E-state index contributed by atoms with van der Waals surface area (Å²) in [6, 6.07) is 5.56. The summed E-state index contributed by atoms with van der Waals surface area (Å²) in [4.78, 5) is 41.1. The molecule has 1 aromatic heterocycles. The van der Waals surface area contributed by atoms with Gasteiger partial charge in [0.25, 0.3) is 0 Å². The fourth-order valence-electron chi connectivity index (χ4n) is 5.74. The zero-order valence-corrected chi connectivity index (χ0v) is 26.9. The summed E-state index contributed by atoms with van der Waals surface area (Å²) in [5.41, 5.74) is 15.6. The molecule has 0 spiro atoms. The first-order valence-electron chi connectivity index (χ1n) is 13.9. The first-order valence-corrected chi connectivity index (χ1v) is 13.9. The number of ether oxygens (including phenoxy) is 2. The Kier molecular flexibility index (Phi) is 14.0. The van der Waals surface area contributed by atoms with Gasteiger partial charge in [0.2, 0.25) is 11.8 Å². The molecule has 0 bridgehead atoms. The molecule has 2 aromatic rings. The fraction of sp³-hybridized carbons (Fsp3) is 0.655. The number of nitroso groups, excluding NO2 is 1. The topological polar surface area (TPSA) is 145 Å². The van der Waals surface area contributed by atoms with Crippen LogP contribution in [0.5, 0.6) is 11.6 Å². The Balaban J connectivity index is 0.000000286. The summed E-state index contributed by atoms with van der Waals surface area (Å²) in [5, 5.41) is 0. The van der Waals surface area contributed by atoms with E-state index >= 15 is 0 Å². The van der Waals surface area contributed by atoms with E-state index in [1.54, 1.807) is 19.1 Å². The Morgan fingerprint density at radius 3 is 2.35 bits per heavy atom. The molecule has 1 amide bonds. The average molecular weight is 629 g/mol. The van der Waals surface area contributed by atoms with Gasteiger partial charge >= 0.3 is 0 Å². The molecule has 1 saturated heterocycles. The van der Waals surface area contributed by atoms with Crippen LogP contribution in [-0.2, 0) is 42.3 Å². The number of carbonyl (C=O) groups is 2. The van der Waals surface area contributed by atoms with Gasteiger partial charge in [-0.05, 0) is 56.1 Å². The van der Waals surface area contributed by atoms with E-state index in [0.717, 1.165) is 47.2 Å². The summed E-state index contributed by atoms with van der Waals surface area (Å²) in [6.07, 6.45) is 10.1. The largest absolute Gasteiger partial charge is 0.670 e. The van der Waals surface area contributed by atoms with Crippen LogP contribution < -0.4 is 9.47 Å². The monoisotopic (exact) mass is 628 g/mol. The van der Waals surface area contributed by atoms with Crippen LogP contribution in [0.4, 0.5) is 0 Å². The van der Waals surface area contributed by atoms with Crippen molar-refractivity contribution in [2.45, 2.75) is 77.2 Å². The van der Waals surface area contributed by atoms with Gasteiger partial charge in [0.05, 0.1) is 31.3 Å². The Hall–Kier alpha value is -2.04. The van der Waals surface area contributed by atoms with Gasteiger partial charge in [0, 0.05) is 51.2 Å². The molecule has 10 nitrogen and oxygen atoms in total. The maximum Gasteiger partial charge on any atom is 0.236 e. The molecule has 2 unspecified atom stereocenters. The quantitative estimate of drug-likeness (QED) is 0.318. The molecule has 1 aromatic carbocycles. The number of hydrogen-bond donors (Lipinski definition) is 0. The van der Waals surface area contributed by atoms with Crippen LogP contribution in [0, 0.1) is 22.7 Å². The third kappa shape index (κ3) is 8.73. The minimum atomic E-state index is -0.266. The van der Waals surface area contributed by atoms with Gasteiger partial charge < -0.3 is 30.6 Å². The van der Waals surface area contributed by atoms with Crippen molar-refractivity contribution in [2.75, 3.05) is 27.3 Å². The van der Waals surface area contributed by atoms with E-state index in [2.05, 4.69) is 4.98 Å².